The number of fused-ring (bicyclic) bond motifs is 1. The standard InChI is InChI=1S/C20H22N4O7/c25-15-5-4-13(17(26)22-15)24-18(27)12-2-1-3-14(16(12)19(24)28)31-9-8-23-7-6-11(10-23)21-20(29)30/h1-3,11,13,21H,4-10H2,(H,29,30)(H,22,25,26)/t11-,13?/m1/s1. The number of carbonyl (C=O) groups excluding carboxylic acids is 4. The maximum atomic E-state index is 13.0. The van der Waals surface area contributed by atoms with Gasteiger partial charge in [0.05, 0.1) is 11.1 Å². The van der Waals surface area contributed by atoms with Gasteiger partial charge in [0, 0.05) is 32.1 Å². The highest BCUT2D eigenvalue weighted by molar-refractivity contribution is 6.24. The zero-order chi connectivity index (χ0) is 22.1. The number of imide groups is 2. The molecule has 3 aliphatic heterocycles. The van der Waals surface area contributed by atoms with Gasteiger partial charge in [-0.3, -0.25) is 34.3 Å². The molecule has 0 aromatic heterocycles. The molecule has 0 saturated carbocycles. The van der Waals surface area contributed by atoms with Crippen LogP contribution in [-0.2, 0) is 9.59 Å². The molecule has 2 atom stereocenters. The van der Waals surface area contributed by atoms with Crippen molar-refractivity contribution in [1.29, 1.82) is 0 Å². The second kappa shape index (κ2) is 8.34. The first-order valence-corrected chi connectivity index (χ1v) is 10.0. The number of benzene rings is 1. The smallest absolute Gasteiger partial charge is 0.404 e. The van der Waals surface area contributed by atoms with E-state index in [2.05, 4.69) is 10.6 Å². The number of hydrogen-bond donors (Lipinski definition) is 3. The summed E-state index contributed by atoms with van der Waals surface area (Å²) in [6, 6.07) is 3.56. The lowest BCUT2D eigenvalue weighted by Crippen LogP contribution is -2.54. The van der Waals surface area contributed by atoms with Crippen LogP contribution in [0.5, 0.6) is 5.75 Å². The molecule has 164 valence electrons. The quantitative estimate of drug-likeness (QED) is 0.527. The van der Waals surface area contributed by atoms with Crippen molar-refractivity contribution in [1.82, 2.24) is 20.4 Å². The zero-order valence-electron chi connectivity index (χ0n) is 16.6. The van der Waals surface area contributed by atoms with Gasteiger partial charge in [0.1, 0.15) is 18.4 Å². The van der Waals surface area contributed by atoms with E-state index in [9.17, 15) is 24.0 Å². The molecule has 3 aliphatic rings. The molecule has 31 heavy (non-hydrogen) atoms. The predicted molar refractivity (Wildman–Crippen MR) is 105 cm³/mol. The second-order valence-corrected chi connectivity index (χ2v) is 7.71. The molecule has 1 aromatic carbocycles. The van der Waals surface area contributed by atoms with E-state index in [1.165, 1.54) is 6.07 Å². The molecule has 11 nitrogen and oxygen atoms in total. The Morgan fingerprint density at radius 3 is 2.74 bits per heavy atom. The minimum atomic E-state index is -1.05. The number of likely N-dealkylation sites (tertiary alicyclic amines) is 1. The number of carboxylic acid groups (broad SMARTS) is 1. The molecular formula is C20H22N4O7. The fourth-order valence-corrected chi connectivity index (χ4v) is 4.22. The van der Waals surface area contributed by atoms with E-state index < -0.39 is 35.8 Å². The van der Waals surface area contributed by atoms with E-state index in [0.717, 1.165) is 11.4 Å². The van der Waals surface area contributed by atoms with Crippen molar-refractivity contribution in [2.75, 3.05) is 26.2 Å². The summed E-state index contributed by atoms with van der Waals surface area (Å²) in [4.78, 5) is 63.1. The van der Waals surface area contributed by atoms with Crippen LogP contribution in [0.15, 0.2) is 18.2 Å². The van der Waals surface area contributed by atoms with E-state index in [-0.39, 0.29) is 42.4 Å². The fourth-order valence-electron chi connectivity index (χ4n) is 4.22. The molecule has 5 amide bonds. The molecule has 1 unspecified atom stereocenters. The minimum absolute atomic E-state index is 0.0563. The number of carbonyl (C=O) groups is 5. The molecule has 11 heteroatoms. The van der Waals surface area contributed by atoms with Crippen LogP contribution in [0.1, 0.15) is 40.0 Å². The Labute approximate surface area is 177 Å². The largest absolute Gasteiger partial charge is 0.491 e. The topological polar surface area (TPSA) is 145 Å². The highest BCUT2D eigenvalue weighted by atomic mass is 16.5. The number of nitrogens with one attached hydrogen (secondary N) is 2. The third-order valence-corrected chi connectivity index (χ3v) is 5.69. The fraction of sp³-hybridized carbons (Fsp3) is 0.450. The normalized spacial score (nSPS) is 23.7. The monoisotopic (exact) mass is 430 g/mol. The van der Waals surface area contributed by atoms with Crippen molar-refractivity contribution in [2.24, 2.45) is 0 Å². The van der Waals surface area contributed by atoms with E-state index >= 15 is 0 Å². The average molecular weight is 430 g/mol. The molecule has 3 N–H and O–H groups in total. The summed E-state index contributed by atoms with van der Waals surface area (Å²) >= 11 is 0. The van der Waals surface area contributed by atoms with Gasteiger partial charge >= 0.3 is 6.09 Å². The summed E-state index contributed by atoms with van der Waals surface area (Å²) in [7, 11) is 0. The van der Waals surface area contributed by atoms with Gasteiger partial charge in [-0.05, 0) is 25.0 Å². The van der Waals surface area contributed by atoms with Crippen LogP contribution in [-0.4, -0.2) is 83.0 Å². The van der Waals surface area contributed by atoms with Crippen LogP contribution < -0.4 is 15.4 Å². The molecule has 4 rings (SSSR count). The highest BCUT2D eigenvalue weighted by Crippen LogP contribution is 2.33. The lowest BCUT2D eigenvalue weighted by Gasteiger charge is -2.27. The van der Waals surface area contributed by atoms with Crippen LogP contribution >= 0.6 is 0 Å². The first-order chi connectivity index (χ1) is 14.8. The number of ether oxygens (including phenoxy) is 1. The number of hydrogen-bond acceptors (Lipinski definition) is 7. The summed E-state index contributed by atoms with van der Waals surface area (Å²) in [5, 5.41) is 13.4. The molecule has 0 spiro atoms. The average Bonchev–Trinajstić information content (AvgIpc) is 3.25. The van der Waals surface area contributed by atoms with Gasteiger partial charge < -0.3 is 15.2 Å². The summed E-state index contributed by atoms with van der Waals surface area (Å²) < 4.78 is 5.79. The van der Waals surface area contributed by atoms with Crippen LogP contribution in [0, 0.1) is 0 Å². The number of piperidine rings is 1. The van der Waals surface area contributed by atoms with Crippen LogP contribution in [0.3, 0.4) is 0 Å². The SMILES string of the molecule is O=C(O)N[C@@H]1CCN(CCOc2cccc3c2C(=O)N(C2CCC(=O)NC2=O)C3=O)C1. The van der Waals surface area contributed by atoms with Gasteiger partial charge in [-0.25, -0.2) is 4.79 Å². The van der Waals surface area contributed by atoms with Gasteiger partial charge in [0.15, 0.2) is 0 Å². The minimum Gasteiger partial charge on any atom is -0.491 e. The van der Waals surface area contributed by atoms with Gasteiger partial charge in [-0.15, -0.1) is 0 Å². The molecule has 3 heterocycles. The van der Waals surface area contributed by atoms with Crippen molar-refractivity contribution in [3.63, 3.8) is 0 Å². The van der Waals surface area contributed by atoms with E-state index in [0.29, 0.717) is 19.5 Å². The lowest BCUT2D eigenvalue weighted by atomic mass is 10.0. The summed E-state index contributed by atoms with van der Waals surface area (Å²) in [6.45, 7) is 2.07. The Hall–Kier alpha value is -3.47. The maximum absolute atomic E-state index is 13.0. The van der Waals surface area contributed by atoms with Crippen LogP contribution in [0.2, 0.25) is 0 Å². The predicted octanol–water partition coefficient (Wildman–Crippen LogP) is -0.191. The van der Waals surface area contributed by atoms with Crippen LogP contribution in [0.25, 0.3) is 0 Å². The first-order valence-electron chi connectivity index (χ1n) is 10.0. The Morgan fingerprint density at radius 1 is 1.19 bits per heavy atom. The molecule has 0 aliphatic carbocycles. The highest BCUT2D eigenvalue weighted by Gasteiger charge is 2.46. The number of rotatable bonds is 6. The van der Waals surface area contributed by atoms with Gasteiger partial charge in [0.2, 0.25) is 11.8 Å². The number of nitrogens with zero attached hydrogens (tertiary/aromatic N) is 2. The molecule has 0 bridgehead atoms. The van der Waals surface area contributed by atoms with E-state index in [4.69, 9.17) is 9.84 Å². The van der Waals surface area contributed by atoms with E-state index in [1.807, 2.05) is 4.90 Å². The molecule has 2 saturated heterocycles. The Morgan fingerprint density at radius 2 is 2.00 bits per heavy atom. The lowest BCUT2D eigenvalue weighted by molar-refractivity contribution is -0.136. The van der Waals surface area contributed by atoms with Crippen molar-refractivity contribution in [3.8, 4) is 5.75 Å². The summed E-state index contributed by atoms with van der Waals surface area (Å²) in [5.74, 6) is -2.03. The number of amides is 5. The van der Waals surface area contributed by atoms with Crippen molar-refractivity contribution < 1.29 is 33.8 Å². The summed E-state index contributed by atoms with van der Waals surface area (Å²) in [6.07, 6.45) is -0.194. The zero-order valence-corrected chi connectivity index (χ0v) is 16.6. The Bertz CT molecular complexity index is 963. The van der Waals surface area contributed by atoms with Crippen molar-refractivity contribution >= 4 is 29.7 Å². The first kappa shape index (κ1) is 20.8. The Balaban J connectivity index is 1.41. The van der Waals surface area contributed by atoms with Crippen LogP contribution in [0.4, 0.5) is 4.79 Å². The maximum Gasteiger partial charge on any atom is 0.404 e. The second-order valence-electron chi connectivity index (χ2n) is 7.71. The van der Waals surface area contributed by atoms with Crippen molar-refractivity contribution in [3.05, 3.63) is 29.3 Å². The van der Waals surface area contributed by atoms with Gasteiger partial charge in [-0.1, -0.05) is 6.07 Å². The molecule has 2 fully saturated rings. The van der Waals surface area contributed by atoms with Gasteiger partial charge in [0.25, 0.3) is 11.8 Å². The Kier molecular flexibility index (Phi) is 5.59. The molecule has 0 radical (unpaired) electrons. The molecule has 1 aromatic rings. The van der Waals surface area contributed by atoms with Gasteiger partial charge in [-0.2, -0.15) is 0 Å². The third kappa shape index (κ3) is 4.08. The van der Waals surface area contributed by atoms with E-state index in [1.54, 1.807) is 12.1 Å². The van der Waals surface area contributed by atoms with Crippen molar-refractivity contribution in [2.45, 2.75) is 31.3 Å². The molecular weight excluding hydrogens is 408 g/mol. The summed E-state index contributed by atoms with van der Waals surface area (Å²) in [5.41, 5.74) is 0.281. The third-order valence-electron chi connectivity index (χ3n) is 5.69.